The Hall–Kier alpha value is -8.17. The molecule has 3 amide bonds. The number of carbonyl (C=O) groups excluding carboxylic acids is 6. The Bertz CT molecular complexity index is 3300. The van der Waals surface area contributed by atoms with Crippen LogP contribution >= 0.6 is 0 Å². The molecule has 0 spiro atoms. The highest BCUT2D eigenvalue weighted by Gasteiger charge is 2.38. The van der Waals surface area contributed by atoms with Gasteiger partial charge in [0.2, 0.25) is 5.75 Å². The molecule has 440 valence electrons. The summed E-state index contributed by atoms with van der Waals surface area (Å²) in [6, 6.07) is 5.84. The van der Waals surface area contributed by atoms with E-state index < -0.39 is 94.5 Å². The van der Waals surface area contributed by atoms with E-state index in [4.69, 9.17) is 51.8 Å². The number of hydrogen-bond acceptors (Lipinski definition) is 18. The van der Waals surface area contributed by atoms with Gasteiger partial charge in [-0.25, -0.2) is 33.6 Å². The summed E-state index contributed by atoms with van der Waals surface area (Å²) < 4.78 is 65.9. The molecule has 3 N–H and O–H groups in total. The lowest BCUT2D eigenvalue weighted by Gasteiger charge is -2.28. The van der Waals surface area contributed by atoms with Crippen LogP contribution in [-0.2, 0) is 41.6 Å². The summed E-state index contributed by atoms with van der Waals surface area (Å²) in [5.74, 6) is -3.70. The minimum Gasteiger partial charge on any atom is -0.493 e. The van der Waals surface area contributed by atoms with Crippen LogP contribution in [0.25, 0.3) is 44.3 Å². The van der Waals surface area contributed by atoms with Crippen molar-refractivity contribution < 1.29 is 80.6 Å². The average Bonchev–Trinajstić information content (AvgIpc) is 2.90. The number of nitrogens with one attached hydrogen (secondary N) is 3. The molecular weight excluding hydrogens is 1050 g/mol. The molecule has 1 aliphatic rings. The molecule has 3 atom stereocenters. The second-order valence-electron chi connectivity index (χ2n) is 23.4. The Balaban J connectivity index is 1.62. The van der Waals surface area contributed by atoms with Crippen LogP contribution in [0.4, 0.5) is 14.4 Å². The first-order valence-corrected chi connectivity index (χ1v) is 26.5. The highest BCUT2D eigenvalue weighted by Crippen LogP contribution is 2.53. The number of hydrogen-bond donors (Lipinski definition) is 3. The predicted octanol–water partition coefficient (Wildman–Crippen LogP) is 10.0. The van der Waals surface area contributed by atoms with Gasteiger partial charge < -0.3 is 72.3 Å². The fourth-order valence-electron chi connectivity index (χ4n) is 9.09. The van der Waals surface area contributed by atoms with Crippen LogP contribution < -0.4 is 54.7 Å². The largest absolute Gasteiger partial charge is 0.493 e. The molecule has 0 saturated carbocycles. The van der Waals surface area contributed by atoms with Crippen molar-refractivity contribution in [2.24, 2.45) is 17.8 Å². The molecule has 22 nitrogen and oxygen atoms in total. The average molecular weight is 1130 g/mol. The van der Waals surface area contributed by atoms with E-state index in [0.29, 0.717) is 38.7 Å². The number of amides is 3. The zero-order valence-corrected chi connectivity index (χ0v) is 49.6. The van der Waals surface area contributed by atoms with Crippen molar-refractivity contribution in [2.75, 3.05) is 28.4 Å². The Morgan fingerprint density at radius 3 is 1.44 bits per heavy atom. The highest BCUT2D eigenvalue weighted by atomic mass is 16.6. The van der Waals surface area contributed by atoms with Gasteiger partial charge in [0, 0.05) is 40.1 Å². The van der Waals surface area contributed by atoms with E-state index in [1.807, 2.05) is 0 Å². The van der Waals surface area contributed by atoms with Crippen molar-refractivity contribution in [1.29, 1.82) is 0 Å². The lowest BCUT2D eigenvalue weighted by Crippen LogP contribution is -2.48. The van der Waals surface area contributed by atoms with Gasteiger partial charge in [-0.15, -0.1) is 0 Å². The Labute approximate surface area is 470 Å². The molecule has 81 heavy (non-hydrogen) atoms. The lowest BCUT2D eigenvalue weighted by atomic mass is 9.91. The van der Waals surface area contributed by atoms with Gasteiger partial charge in [0.25, 0.3) is 0 Å². The van der Waals surface area contributed by atoms with Crippen molar-refractivity contribution in [3.8, 4) is 62.6 Å². The van der Waals surface area contributed by atoms with Gasteiger partial charge in [0.05, 0.1) is 34.1 Å². The van der Waals surface area contributed by atoms with Gasteiger partial charge in [0.1, 0.15) is 46.0 Å². The normalized spacial score (nSPS) is 13.6. The summed E-state index contributed by atoms with van der Waals surface area (Å²) in [6.07, 6.45) is -2.33. The van der Waals surface area contributed by atoms with Gasteiger partial charge in [-0.3, -0.25) is 0 Å². The predicted molar refractivity (Wildman–Crippen MR) is 300 cm³/mol. The van der Waals surface area contributed by atoms with E-state index in [0.717, 1.165) is 0 Å². The first-order valence-electron chi connectivity index (χ1n) is 26.5. The minimum atomic E-state index is -1.19. The number of aryl methyl sites for hydroxylation is 1. The van der Waals surface area contributed by atoms with Gasteiger partial charge in [-0.1, -0.05) is 47.6 Å². The van der Waals surface area contributed by atoms with Crippen LogP contribution in [0, 0.1) is 17.8 Å². The Morgan fingerprint density at radius 2 is 1.00 bits per heavy atom. The molecule has 0 unspecified atom stereocenters. The van der Waals surface area contributed by atoms with E-state index in [1.54, 1.807) is 133 Å². The van der Waals surface area contributed by atoms with E-state index in [-0.39, 0.29) is 64.3 Å². The molecule has 0 radical (unpaired) electrons. The van der Waals surface area contributed by atoms with Crippen molar-refractivity contribution in [3.63, 3.8) is 0 Å². The zero-order valence-electron chi connectivity index (χ0n) is 49.6. The summed E-state index contributed by atoms with van der Waals surface area (Å²) in [5.41, 5.74) is -1.17. The summed E-state index contributed by atoms with van der Waals surface area (Å²) in [7, 11) is 5.54. The zero-order chi connectivity index (χ0) is 60.4. The van der Waals surface area contributed by atoms with Crippen LogP contribution in [0.1, 0.15) is 109 Å². The maximum atomic E-state index is 14.8. The van der Waals surface area contributed by atoms with Crippen LogP contribution in [-0.4, -0.2) is 104 Å². The monoisotopic (exact) mass is 1130 g/mol. The fourth-order valence-corrected chi connectivity index (χ4v) is 9.09. The van der Waals surface area contributed by atoms with E-state index in [1.165, 1.54) is 40.6 Å². The van der Waals surface area contributed by atoms with Crippen LogP contribution in [0.2, 0.25) is 0 Å². The smallest absolute Gasteiger partial charge is 0.408 e. The molecule has 5 aromatic rings. The van der Waals surface area contributed by atoms with E-state index in [2.05, 4.69) is 16.0 Å². The molecular formula is C59H76N4O18. The third-order valence-corrected chi connectivity index (χ3v) is 12.6. The molecule has 0 saturated heterocycles. The standard InChI is InChI=1S/C59H76N4O18/c1-28(2)43(60-54(68)79-57(7,8)9)50(64)75-35-21-20-31(24-37(35)71-16)41-42-34-26-38(72-17)39(77-51(65)44(29(3)4)61-55(69)80-58(10,11)12)27-36(34)76-53(67)47(42)63-23-22-32-33(46(41)63)25-40(73-18)49(74-19)48(32)78-52(66)45(30(5)6)62-56(70)81-59(13,14)15/h20-21,24-30,43-45H,22-23H2,1-19H3,(H,60,68)(H,61,69)(H,62,70)/t43-,44-,45-/m0/s1. The molecule has 22 heteroatoms. The number of benzene rings is 3. The summed E-state index contributed by atoms with van der Waals surface area (Å²) in [6.45, 7) is 25.7. The second kappa shape index (κ2) is 24.3. The van der Waals surface area contributed by atoms with Gasteiger partial charge in [-0.2, -0.15) is 0 Å². The first-order chi connectivity index (χ1) is 37.7. The van der Waals surface area contributed by atoms with Gasteiger partial charge in [0.15, 0.2) is 34.5 Å². The van der Waals surface area contributed by atoms with Crippen molar-refractivity contribution in [3.05, 3.63) is 52.4 Å². The Morgan fingerprint density at radius 1 is 0.543 bits per heavy atom. The van der Waals surface area contributed by atoms with Gasteiger partial charge >= 0.3 is 41.8 Å². The van der Waals surface area contributed by atoms with E-state index >= 15 is 0 Å². The van der Waals surface area contributed by atoms with E-state index in [9.17, 15) is 33.6 Å². The number of esters is 3. The number of ether oxygens (including phenoxy) is 10. The van der Waals surface area contributed by atoms with Crippen molar-refractivity contribution in [2.45, 2.75) is 152 Å². The maximum Gasteiger partial charge on any atom is 0.408 e. The molecule has 0 aliphatic carbocycles. The number of fused-ring (bicyclic) bond motifs is 7. The number of methoxy groups -OCH3 is 4. The van der Waals surface area contributed by atoms with Crippen LogP contribution in [0.15, 0.2) is 45.6 Å². The molecule has 6 rings (SSSR count). The highest BCUT2D eigenvalue weighted by molar-refractivity contribution is 6.17. The van der Waals surface area contributed by atoms with Crippen molar-refractivity contribution in [1.82, 2.24) is 20.5 Å². The summed E-state index contributed by atoms with van der Waals surface area (Å²) in [4.78, 5) is 95.8. The SMILES string of the molecule is COc1cc(-c2c3n(c4c(=O)oc5cc(OC(=O)[C@@H](NC(=O)OC(C)(C)C)C(C)C)c(OC)cc5c24)CCc2c-3cc(OC)c(OC)c2OC(=O)[C@@H](NC(=O)OC(C)(C)C)C(C)C)ccc1OC(=O)[C@@H](NC(=O)OC(C)(C)C)C(C)C. The minimum absolute atomic E-state index is 0.0126. The Kier molecular flexibility index (Phi) is 18.6. The second-order valence-corrected chi connectivity index (χ2v) is 23.4. The lowest BCUT2D eigenvalue weighted by molar-refractivity contribution is -0.138. The molecule has 3 heterocycles. The number of alkyl carbamates (subject to hydrolysis) is 3. The number of rotatable bonds is 17. The number of nitrogens with zero attached hydrogens (tertiary/aromatic N) is 1. The molecule has 3 aromatic carbocycles. The fraction of sp³-hybridized carbons (Fsp3) is 0.508. The molecule has 0 bridgehead atoms. The van der Waals surface area contributed by atoms with Crippen LogP contribution in [0.3, 0.4) is 0 Å². The molecule has 2 aromatic heterocycles. The topological polar surface area (TPSA) is 266 Å². The third-order valence-electron chi connectivity index (χ3n) is 12.6. The maximum absolute atomic E-state index is 14.8. The molecule has 1 aliphatic heterocycles. The van der Waals surface area contributed by atoms with Gasteiger partial charge in [-0.05, 0) is 116 Å². The third kappa shape index (κ3) is 14.2. The number of carbonyl (C=O) groups is 6. The van der Waals surface area contributed by atoms with Crippen LogP contribution in [0.5, 0.6) is 40.2 Å². The quantitative estimate of drug-likeness (QED) is 0.0338. The molecule has 0 fully saturated rings. The van der Waals surface area contributed by atoms with Crippen molar-refractivity contribution >= 4 is 58.1 Å². The first kappa shape index (κ1) is 62.0. The summed E-state index contributed by atoms with van der Waals surface area (Å²) in [5, 5.41) is 8.48. The summed E-state index contributed by atoms with van der Waals surface area (Å²) >= 11 is 0. The number of aromatic nitrogens is 1.